The van der Waals surface area contributed by atoms with Gasteiger partial charge in [-0.1, -0.05) is 11.6 Å². The molecule has 0 unspecified atom stereocenters. The Kier molecular flexibility index (Phi) is 4.10. The Balaban J connectivity index is 2.44. The van der Waals surface area contributed by atoms with E-state index in [1.807, 2.05) is 6.92 Å². The van der Waals surface area contributed by atoms with Gasteiger partial charge >= 0.3 is 5.97 Å². The summed E-state index contributed by atoms with van der Waals surface area (Å²) in [6, 6.07) is 6.48. The fourth-order valence-corrected chi connectivity index (χ4v) is 1.88. The second-order valence-electron chi connectivity index (χ2n) is 4.11. The molecule has 2 aromatic rings. The molecule has 0 saturated carbocycles. The van der Waals surface area contributed by atoms with Gasteiger partial charge in [0.25, 0.3) is 0 Å². The lowest BCUT2D eigenvalue weighted by Gasteiger charge is -2.12. The minimum Gasteiger partial charge on any atom is -0.465 e. The Bertz CT molecular complexity index is 642. The molecule has 5 nitrogen and oxygen atoms in total. The lowest BCUT2D eigenvalue weighted by molar-refractivity contribution is 0.0598. The van der Waals surface area contributed by atoms with Crippen LogP contribution >= 0.6 is 11.6 Å². The Hall–Kier alpha value is -2.27. The summed E-state index contributed by atoms with van der Waals surface area (Å²) >= 11 is 6.08. The normalized spacial score (nSPS) is 10.2. The van der Waals surface area contributed by atoms with E-state index in [9.17, 15) is 4.79 Å². The Morgan fingerprint density at radius 2 is 2.10 bits per heavy atom. The number of hydrogen-bond donors (Lipinski definition) is 1. The lowest BCUT2D eigenvalue weighted by Crippen LogP contribution is -2.05. The van der Waals surface area contributed by atoms with E-state index in [1.54, 1.807) is 18.3 Å². The van der Waals surface area contributed by atoms with Gasteiger partial charge in [0.15, 0.2) is 5.75 Å². The molecule has 1 heterocycles. The molecule has 0 spiro atoms. The van der Waals surface area contributed by atoms with Crippen molar-refractivity contribution < 1.29 is 14.3 Å². The first-order valence-electron chi connectivity index (χ1n) is 5.79. The number of nitrogens with two attached hydrogens (primary N) is 1. The molecule has 0 fully saturated rings. The highest BCUT2D eigenvalue weighted by atomic mass is 35.5. The molecule has 2 rings (SSSR count). The van der Waals surface area contributed by atoms with Crippen molar-refractivity contribution in [3.8, 4) is 11.5 Å². The number of esters is 1. The number of aromatic nitrogens is 1. The highest BCUT2D eigenvalue weighted by molar-refractivity contribution is 6.33. The third kappa shape index (κ3) is 3.00. The van der Waals surface area contributed by atoms with Crippen LogP contribution in [0.5, 0.6) is 11.5 Å². The molecule has 104 valence electrons. The molecule has 0 bridgehead atoms. The van der Waals surface area contributed by atoms with Gasteiger partial charge in [-0.25, -0.2) is 4.79 Å². The van der Waals surface area contributed by atoms with Crippen LogP contribution in [-0.2, 0) is 4.74 Å². The summed E-state index contributed by atoms with van der Waals surface area (Å²) in [6.07, 6.45) is 1.54. The zero-order chi connectivity index (χ0) is 14.7. The number of aryl methyl sites for hydroxylation is 1. The SMILES string of the molecule is COC(=O)c1cc(N)cc(Cl)c1Oc1ccc(C)nc1. The first kappa shape index (κ1) is 14.1. The van der Waals surface area contributed by atoms with Crippen molar-refractivity contribution in [2.75, 3.05) is 12.8 Å². The summed E-state index contributed by atoms with van der Waals surface area (Å²) in [4.78, 5) is 15.9. The van der Waals surface area contributed by atoms with Crippen LogP contribution in [0.3, 0.4) is 0 Å². The van der Waals surface area contributed by atoms with E-state index in [-0.39, 0.29) is 16.3 Å². The van der Waals surface area contributed by atoms with Gasteiger partial charge in [-0.05, 0) is 31.2 Å². The number of nitrogens with zero attached hydrogens (tertiary/aromatic N) is 1. The third-order valence-electron chi connectivity index (χ3n) is 2.58. The largest absolute Gasteiger partial charge is 0.465 e. The van der Waals surface area contributed by atoms with Gasteiger partial charge in [-0.15, -0.1) is 0 Å². The van der Waals surface area contributed by atoms with Crippen molar-refractivity contribution in [1.29, 1.82) is 0 Å². The van der Waals surface area contributed by atoms with Crippen molar-refractivity contribution in [3.63, 3.8) is 0 Å². The topological polar surface area (TPSA) is 74.4 Å². The van der Waals surface area contributed by atoms with Crippen LogP contribution in [-0.4, -0.2) is 18.1 Å². The fraction of sp³-hybridized carbons (Fsp3) is 0.143. The van der Waals surface area contributed by atoms with E-state index in [2.05, 4.69) is 4.98 Å². The molecule has 0 amide bonds. The second kappa shape index (κ2) is 5.79. The van der Waals surface area contributed by atoms with Crippen LogP contribution in [0, 0.1) is 6.92 Å². The first-order chi connectivity index (χ1) is 9.51. The maximum Gasteiger partial charge on any atom is 0.341 e. The zero-order valence-electron chi connectivity index (χ0n) is 11.0. The van der Waals surface area contributed by atoms with Gasteiger partial charge in [0.2, 0.25) is 0 Å². The summed E-state index contributed by atoms with van der Waals surface area (Å²) in [5.74, 6) is 0.0834. The summed E-state index contributed by atoms with van der Waals surface area (Å²) in [5, 5.41) is 0.228. The summed E-state index contributed by atoms with van der Waals surface area (Å²) in [6.45, 7) is 1.86. The van der Waals surface area contributed by atoms with Crippen LogP contribution in [0.25, 0.3) is 0 Å². The van der Waals surface area contributed by atoms with Crippen molar-refractivity contribution in [2.45, 2.75) is 6.92 Å². The first-order valence-corrected chi connectivity index (χ1v) is 6.17. The van der Waals surface area contributed by atoms with Gasteiger partial charge < -0.3 is 15.2 Å². The minimum atomic E-state index is -0.575. The Morgan fingerprint density at radius 1 is 1.35 bits per heavy atom. The molecule has 20 heavy (non-hydrogen) atoms. The number of hydrogen-bond acceptors (Lipinski definition) is 5. The van der Waals surface area contributed by atoms with Crippen LogP contribution in [0.4, 0.5) is 5.69 Å². The number of rotatable bonds is 3. The van der Waals surface area contributed by atoms with E-state index < -0.39 is 5.97 Å². The standard InChI is InChI=1S/C14H13ClN2O3/c1-8-3-4-10(7-17-8)20-13-11(14(18)19-2)5-9(16)6-12(13)15/h3-7H,16H2,1-2H3. The zero-order valence-corrected chi connectivity index (χ0v) is 11.8. The number of anilines is 1. The maximum atomic E-state index is 11.8. The molecular weight excluding hydrogens is 280 g/mol. The molecule has 6 heteroatoms. The van der Waals surface area contributed by atoms with E-state index in [0.717, 1.165) is 5.69 Å². The number of methoxy groups -OCH3 is 1. The number of halogens is 1. The van der Waals surface area contributed by atoms with Crippen LogP contribution in [0.15, 0.2) is 30.5 Å². The number of benzene rings is 1. The number of ether oxygens (including phenoxy) is 2. The molecule has 0 radical (unpaired) electrons. The summed E-state index contributed by atoms with van der Waals surface area (Å²) < 4.78 is 10.3. The summed E-state index contributed by atoms with van der Waals surface area (Å²) in [7, 11) is 1.27. The average molecular weight is 293 g/mol. The van der Waals surface area contributed by atoms with Gasteiger partial charge in [-0.2, -0.15) is 0 Å². The number of pyridine rings is 1. The highest BCUT2D eigenvalue weighted by Gasteiger charge is 2.18. The maximum absolute atomic E-state index is 11.8. The van der Waals surface area contributed by atoms with Crippen molar-refractivity contribution in [3.05, 3.63) is 46.7 Å². The lowest BCUT2D eigenvalue weighted by atomic mass is 10.1. The third-order valence-corrected chi connectivity index (χ3v) is 2.86. The van der Waals surface area contributed by atoms with Gasteiger partial charge in [0.1, 0.15) is 11.3 Å². The van der Waals surface area contributed by atoms with E-state index in [0.29, 0.717) is 11.4 Å². The molecular formula is C14H13ClN2O3. The van der Waals surface area contributed by atoms with E-state index in [4.69, 9.17) is 26.8 Å². The van der Waals surface area contributed by atoms with Crippen molar-refractivity contribution in [2.24, 2.45) is 0 Å². The van der Waals surface area contributed by atoms with Crippen molar-refractivity contribution in [1.82, 2.24) is 4.98 Å². The Labute approximate surface area is 121 Å². The highest BCUT2D eigenvalue weighted by Crippen LogP contribution is 2.35. The molecule has 1 aromatic carbocycles. The molecule has 1 aromatic heterocycles. The second-order valence-corrected chi connectivity index (χ2v) is 4.52. The number of carbonyl (C=O) groups is 1. The quantitative estimate of drug-likeness (QED) is 0.694. The smallest absolute Gasteiger partial charge is 0.341 e. The van der Waals surface area contributed by atoms with Gasteiger partial charge in [0.05, 0.1) is 18.3 Å². The monoisotopic (exact) mass is 292 g/mol. The fourth-order valence-electron chi connectivity index (χ4n) is 1.61. The molecule has 2 N–H and O–H groups in total. The molecule has 0 aliphatic rings. The number of carbonyl (C=O) groups excluding carboxylic acids is 1. The predicted octanol–water partition coefficient (Wildman–Crippen LogP) is 3.20. The molecule has 0 aliphatic carbocycles. The van der Waals surface area contributed by atoms with E-state index in [1.165, 1.54) is 19.2 Å². The number of nitrogen functional groups attached to an aromatic ring is 1. The molecule has 0 aliphatic heterocycles. The summed E-state index contributed by atoms with van der Waals surface area (Å²) in [5.41, 5.74) is 7.05. The van der Waals surface area contributed by atoms with Crippen LogP contribution in [0.2, 0.25) is 5.02 Å². The minimum absolute atomic E-state index is 0.165. The van der Waals surface area contributed by atoms with Crippen LogP contribution in [0.1, 0.15) is 16.1 Å². The van der Waals surface area contributed by atoms with Crippen molar-refractivity contribution >= 4 is 23.3 Å². The molecule has 0 saturated heterocycles. The average Bonchev–Trinajstić information content (AvgIpc) is 2.42. The van der Waals surface area contributed by atoms with Gasteiger partial charge in [0, 0.05) is 11.4 Å². The van der Waals surface area contributed by atoms with Gasteiger partial charge in [-0.3, -0.25) is 4.98 Å². The molecule has 0 atom stereocenters. The Morgan fingerprint density at radius 3 is 2.70 bits per heavy atom. The predicted molar refractivity (Wildman–Crippen MR) is 76.3 cm³/mol. The van der Waals surface area contributed by atoms with Crippen LogP contribution < -0.4 is 10.5 Å². The van der Waals surface area contributed by atoms with E-state index >= 15 is 0 Å².